The van der Waals surface area contributed by atoms with Crippen LogP contribution in [-0.2, 0) is 29.4 Å². The molecule has 7 nitrogen and oxygen atoms in total. The minimum Gasteiger partial charge on any atom is -0.340 e. The van der Waals surface area contributed by atoms with Gasteiger partial charge in [0, 0.05) is 33.1 Å². The lowest BCUT2D eigenvalue weighted by Crippen LogP contribution is -2.48. The molecule has 2 heterocycles. The largest absolute Gasteiger partial charge is 0.340 e. The highest BCUT2D eigenvalue weighted by Crippen LogP contribution is 2.26. The molecule has 0 unspecified atom stereocenters. The summed E-state index contributed by atoms with van der Waals surface area (Å²) in [6, 6.07) is 5.66. The van der Waals surface area contributed by atoms with E-state index >= 15 is 0 Å². The first-order chi connectivity index (χ1) is 12.5. The normalized spacial score (nSPS) is 19.4. The number of aryl methyl sites for hydroxylation is 3. The van der Waals surface area contributed by atoms with Crippen molar-refractivity contribution in [2.75, 3.05) is 26.2 Å². The number of fused-ring (bicyclic) bond motifs is 1. The van der Waals surface area contributed by atoms with E-state index in [4.69, 9.17) is 4.52 Å². The van der Waals surface area contributed by atoms with Crippen molar-refractivity contribution in [1.29, 1.82) is 0 Å². The molecule has 0 saturated carbocycles. The highest BCUT2D eigenvalue weighted by Gasteiger charge is 2.29. The number of aromatic nitrogens is 2. The van der Waals surface area contributed by atoms with Gasteiger partial charge >= 0.3 is 0 Å². The third-order valence-electron chi connectivity index (χ3n) is 5.22. The molecule has 0 spiro atoms. The third kappa shape index (κ3) is 3.54. The fourth-order valence-electron chi connectivity index (χ4n) is 3.75. The van der Waals surface area contributed by atoms with Crippen LogP contribution in [0.5, 0.6) is 0 Å². The van der Waals surface area contributed by atoms with E-state index in [1.165, 1.54) is 17.5 Å². The van der Waals surface area contributed by atoms with Crippen molar-refractivity contribution in [1.82, 2.24) is 19.3 Å². The molecule has 1 fully saturated rings. The standard InChI is InChI=1S/C18H24N4O3S/c1-14-19-18(20-25-14)13-21-8-10-22(11-9-21)26(23,24)17-7-6-15-4-2-3-5-16(15)12-17/h6-7,12H,2-5,8-11,13H2,1H3. The maximum atomic E-state index is 13.0. The van der Waals surface area contributed by atoms with Crippen LogP contribution in [0.3, 0.4) is 0 Å². The molecule has 1 aromatic carbocycles. The minimum absolute atomic E-state index is 0.431. The quantitative estimate of drug-likeness (QED) is 0.809. The lowest BCUT2D eigenvalue weighted by atomic mass is 9.92. The Hall–Kier alpha value is -1.77. The first-order valence-corrected chi connectivity index (χ1v) is 10.6. The van der Waals surface area contributed by atoms with Gasteiger partial charge in [-0.2, -0.15) is 9.29 Å². The number of sulfonamides is 1. The molecule has 1 aliphatic heterocycles. The van der Waals surface area contributed by atoms with E-state index in [1.807, 2.05) is 12.1 Å². The summed E-state index contributed by atoms with van der Waals surface area (Å²) in [7, 11) is -3.43. The Balaban J connectivity index is 1.43. The molecular formula is C18H24N4O3S. The summed E-state index contributed by atoms with van der Waals surface area (Å²) >= 11 is 0. The first kappa shape index (κ1) is 17.6. The molecule has 1 aliphatic carbocycles. The molecule has 0 bridgehead atoms. The summed E-state index contributed by atoms with van der Waals surface area (Å²) in [5, 5.41) is 3.91. The fraction of sp³-hybridized carbons (Fsp3) is 0.556. The van der Waals surface area contributed by atoms with E-state index in [9.17, 15) is 8.42 Å². The lowest BCUT2D eigenvalue weighted by molar-refractivity contribution is 0.176. The van der Waals surface area contributed by atoms with Crippen molar-refractivity contribution in [2.24, 2.45) is 0 Å². The van der Waals surface area contributed by atoms with E-state index in [-0.39, 0.29) is 0 Å². The Morgan fingerprint density at radius 3 is 2.50 bits per heavy atom. The zero-order valence-electron chi connectivity index (χ0n) is 15.0. The predicted octanol–water partition coefficient (Wildman–Crippen LogP) is 1.76. The van der Waals surface area contributed by atoms with Gasteiger partial charge in [0.2, 0.25) is 15.9 Å². The number of benzene rings is 1. The van der Waals surface area contributed by atoms with E-state index in [0.29, 0.717) is 49.3 Å². The van der Waals surface area contributed by atoms with Crippen molar-refractivity contribution in [3.8, 4) is 0 Å². The fourth-order valence-corrected chi connectivity index (χ4v) is 5.23. The SMILES string of the molecule is Cc1nc(CN2CCN(S(=O)(=O)c3ccc4c(c3)CCCC4)CC2)no1. The average molecular weight is 376 g/mol. The summed E-state index contributed by atoms with van der Waals surface area (Å²) in [5.74, 6) is 1.20. The molecule has 2 aliphatic rings. The smallest absolute Gasteiger partial charge is 0.243 e. The van der Waals surface area contributed by atoms with E-state index < -0.39 is 10.0 Å². The van der Waals surface area contributed by atoms with Gasteiger partial charge < -0.3 is 4.52 Å². The summed E-state index contributed by atoms with van der Waals surface area (Å²) in [6.45, 7) is 4.64. The van der Waals surface area contributed by atoms with Crippen molar-refractivity contribution >= 4 is 10.0 Å². The zero-order chi connectivity index (χ0) is 18.1. The molecular weight excluding hydrogens is 352 g/mol. The van der Waals surface area contributed by atoms with Gasteiger partial charge in [-0.3, -0.25) is 4.90 Å². The summed E-state index contributed by atoms with van der Waals surface area (Å²) in [5.41, 5.74) is 2.50. The predicted molar refractivity (Wildman–Crippen MR) is 96.2 cm³/mol. The molecule has 0 atom stereocenters. The van der Waals surface area contributed by atoms with Crippen LogP contribution in [0.2, 0.25) is 0 Å². The number of piperazine rings is 1. The molecule has 2 aromatic rings. The Morgan fingerprint density at radius 2 is 1.81 bits per heavy atom. The minimum atomic E-state index is -3.43. The van der Waals surface area contributed by atoms with Crippen LogP contribution in [0.25, 0.3) is 0 Å². The number of hydrogen-bond donors (Lipinski definition) is 0. The van der Waals surface area contributed by atoms with Gasteiger partial charge in [-0.05, 0) is 48.9 Å². The molecule has 8 heteroatoms. The van der Waals surface area contributed by atoms with Crippen LogP contribution < -0.4 is 0 Å². The van der Waals surface area contributed by atoms with Gasteiger partial charge in [0.25, 0.3) is 0 Å². The maximum Gasteiger partial charge on any atom is 0.243 e. The van der Waals surface area contributed by atoms with E-state index in [0.717, 1.165) is 19.3 Å². The Morgan fingerprint density at radius 1 is 1.08 bits per heavy atom. The number of nitrogens with zero attached hydrogens (tertiary/aromatic N) is 4. The molecule has 0 amide bonds. The first-order valence-electron chi connectivity index (χ1n) is 9.16. The summed E-state index contributed by atoms with van der Waals surface area (Å²) < 4.78 is 32.6. The second kappa shape index (κ2) is 7.09. The second-order valence-corrected chi connectivity index (χ2v) is 8.99. The van der Waals surface area contributed by atoms with E-state index in [1.54, 1.807) is 17.3 Å². The summed E-state index contributed by atoms with van der Waals surface area (Å²) in [6.07, 6.45) is 4.38. The monoisotopic (exact) mass is 376 g/mol. The maximum absolute atomic E-state index is 13.0. The van der Waals surface area contributed by atoms with Gasteiger partial charge in [0.15, 0.2) is 5.82 Å². The highest BCUT2D eigenvalue weighted by molar-refractivity contribution is 7.89. The van der Waals surface area contributed by atoms with Crippen LogP contribution in [-0.4, -0.2) is 53.9 Å². The topological polar surface area (TPSA) is 79.5 Å². The van der Waals surface area contributed by atoms with Crippen molar-refractivity contribution in [3.63, 3.8) is 0 Å². The van der Waals surface area contributed by atoms with Gasteiger partial charge in [-0.1, -0.05) is 11.2 Å². The van der Waals surface area contributed by atoms with Gasteiger partial charge in [0.1, 0.15) is 0 Å². The molecule has 0 radical (unpaired) electrons. The molecule has 0 N–H and O–H groups in total. The molecule has 1 aromatic heterocycles. The number of hydrogen-bond acceptors (Lipinski definition) is 6. The van der Waals surface area contributed by atoms with Crippen LogP contribution in [0.15, 0.2) is 27.6 Å². The average Bonchev–Trinajstić information content (AvgIpc) is 3.06. The molecule has 140 valence electrons. The van der Waals surface area contributed by atoms with Crippen molar-refractivity contribution < 1.29 is 12.9 Å². The molecule has 1 saturated heterocycles. The Bertz CT molecular complexity index is 886. The van der Waals surface area contributed by atoms with Crippen molar-refractivity contribution in [3.05, 3.63) is 41.0 Å². The second-order valence-electron chi connectivity index (χ2n) is 7.05. The van der Waals surface area contributed by atoms with Gasteiger partial charge in [-0.15, -0.1) is 0 Å². The van der Waals surface area contributed by atoms with Crippen LogP contribution in [0.1, 0.15) is 35.7 Å². The van der Waals surface area contributed by atoms with Crippen LogP contribution >= 0.6 is 0 Å². The van der Waals surface area contributed by atoms with Crippen LogP contribution in [0.4, 0.5) is 0 Å². The van der Waals surface area contributed by atoms with Crippen molar-refractivity contribution in [2.45, 2.75) is 44.0 Å². The van der Waals surface area contributed by atoms with E-state index in [2.05, 4.69) is 15.0 Å². The lowest BCUT2D eigenvalue weighted by Gasteiger charge is -2.33. The highest BCUT2D eigenvalue weighted by atomic mass is 32.2. The zero-order valence-corrected chi connectivity index (χ0v) is 15.8. The molecule has 4 rings (SSSR count). The summed E-state index contributed by atoms with van der Waals surface area (Å²) in [4.78, 5) is 6.80. The third-order valence-corrected chi connectivity index (χ3v) is 7.12. The van der Waals surface area contributed by atoms with Crippen LogP contribution in [0, 0.1) is 6.92 Å². The molecule has 26 heavy (non-hydrogen) atoms. The van der Waals surface area contributed by atoms with Gasteiger partial charge in [-0.25, -0.2) is 8.42 Å². The Labute approximate surface area is 154 Å². The Kier molecular flexibility index (Phi) is 4.81. The van der Waals surface area contributed by atoms with Gasteiger partial charge in [0.05, 0.1) is 11.4 Å². The number of rotatable bonds is 4.